The molecule has 0 aliphatic rings. The number of esters is 2. The standard InChI is InChI=1S/C18H17ClO5/c1-2-22-11-12-23-17(20)13-5-9-16(10-6-13)24-18(21)14-3-7-15(19)8-4-14/h3-10H,2,11-12H2,1H3. The lowest BCUT2D eigenvalue weighted by Gasteiger charge is -2.07. The normalized spacial score (nSPS) is 10.2. The predicted octanol–water partition coefficient (Wildman–Crippen LogP) is 3.75. The van der Waals surface area contributed by atoms with Crippen LogP contribution in [0.25, 0.3) is 0 Å². The first-order valence-corrected chi connectivity index (χ1v) is 7.80. The van der Waals surface area contributed by atoms with Crippen LogP contribution in [0.1, 0.15) is 27.6 Å². The molecule has 24 heavy (non-hydrogen) atoms. The first-order valence-electron chi connectivity index (χ1n) is 7.43. The fraction of sp³-hybridized carbons (Fsp3) is 0.222. The molecule has 126 valence electrons. The summed E-state index contributed by atoms with van der Waals surface area (Å²) in [5, 5.41) is 0.541. The summed E-state index contributed by atoms with van der Waals surface area (Å²) in [7, 11) is 0. The lowest BCUT2D eigenvalue weighted by molar-refractivity contribution is 0.0335. The number of hydrogen-bond acceptors (Lipinski definition) is 5. The van der Waals surface area contributed by atoms with Gasteiger partial charge in [0.25, 0.3) is 0 Å². The largest absolute Gasteiger partial charge is 0.460 e. The quantitative estimate of drug-likeness (QED) is 0.433. The van der Waals surface area contributed by atoms with Gasteiger partial charge in [-0.1, -0.05) is 11.6 Å². The summed E-state index contributed by atoms with van der Waals surface area (Å²) in [5.41, 5.74) is 0.761. The molecule has 0 fully saturated rings. The number of benzene rings is 2. The monoisotopic (exact) mass is 348 g/mol. The van der Waals surface area contributed by atoms with Crippen molar-refractivity contribution in [1.82, 2.24) is 0 Å². The summed E-state index contributed by atoms with van der Waals surface area (Å²) in [4.78, 5) is 23.8. The molecule has 0 saturated carbocycles. The molecule has 0 aliphatic heterocycles. The summed E-state index contributed by atoms with van der Waals surface area (Å²) in [5.74, 6) is -0.621. The highest BCUT2D eigenvalue weighted by Gasteiger charge is 2.10. The highest BCUT2D eigenvalue weighted by molar-refractivity contribution is 6.30. The van der Waals surface area contributed by atoms with Gasteiger partial charge in [0.15, 0.2) is 0 Å². The molecule has 0 aromatic heterocycles. The van der Waals surface area contributed by atoms with Crippen LogP contribution in [0.15, 0.2) is 48.5 Å². The molecule has 0 unspecified atom stereocenters. The minimum Gasteiger partial charge on any atom is -0.460 e. The van der Waals surface area contributed by atoms with E-state index in [9.17, 15) is 9.59 Å². The molecular formula is C18H17ClO5. The van der Waals surface area contributed by atoms with Crippen LogP contribution in [0.3, 0.4) is 0 Å². The Balaban J connectivity index is 1.90. The minimum absolute atomic E-state index is 0.194. The van der Waals surface area contributed by atoms with Crippen molar-refractivity contribution in [3.8, 4) is 5.75 Å². The zero-order valence-corrected chi connectivity index (χ0v) is 13.9. The second-order valence-corrected chi connectivity index (χ2v) is 5.19. The predicted molar refractivity (Wildman–Crippen MR) is 89.6 cm³/mol. The highest BCUT2D eigenvalue weighted by atomic mass is 35.5. The van der Waals surface area contributed by atoms with Gasteiger partial charge in [0, 0.05) is 11.6 Å². The molecule has 0 bridgehead atoms. The maximum absolute atomic E-state index is 12.0. The molecule has 2 rings (SSSR count). The Morgan fingerprint density at radius 2 is 1.46 bits per heavy atom. The molecule has 2 aromatic carbocycles. The highest BCUT2D eigenvalue weighted by Crippen LogP contribution is 2.16. The van der Waals surface area contributed by atoms with Gasteiger partial charge in [-0.05, 0) is 55.5 Å². The van der Waals surface area contributed by atoms with E-state index in [0.717, 1.165) is 0 Å². The number of hydrogen-bond donors (Lipinski definition) is 0. The SMILES string of the molecule is CCOCCOC(=O)c1ccc(OC(=O)c2ccc(Cl)cc2)cc1. The molecule has 0 heterocycles. The van der Waals surface area contributed by atoms with Gasteiger partial charge in [0.1, 0.15) is 12.4 Å². The molecule has 2 aromatic rings. The molecule has 0 amide bonds. The second-order valence-electron chi connectivity index (χ2n) is 4.75. The maximum atomic E-state index is 12.0. The first-order chi connectivity index (χ1) is 11.6. The third-order valence-corrected chi connectivity index (χ3v) is 3.30. The van der Waals surface area contributed by atoms with Gasteiger partial charge < -0.3 is 14.2 Å². The van der Waals surface area contributed by atoms with Crippen LogP contribution in [0.2, 0.25) is 5.02 Å². The molecule has 0 aliphatic carbocycles. The van der Waals surface area contributed by atoms with Gasteiger partial charge in [0.05, 0.1) is 17.7 Å². The molecule has 0 spiro atoms. The second kappa shape index (κ2) is 9.05. The summed E-state index contributed by atoms with van der Waals surface area (Å²) in [6.07, 6.45) is 0. The minimum atomic E-state index is -0.501. The van der Waals surface area contributed by atoms with Gasteiger partial charge in [-0.2, -0.15) is 0 Å². The third kappa shape index (κ3) is 5.37. The Kier molecular flexibility index (Phi) is 6.78. The van der Waals surface area contributed by atoms with Crippen LogP contribution in [0.5, 0.6) is 5.75 Å². The molecule has 0 saturated heterocycles. The maximum Gasteiger partial charge on any atom is 0.343 e. The van der Waals surface area contributed by atoms with Crippen molar-refractivity contribution in [1.29, 1.82) is 0 Å². The van der Waals surface area contributed by atoms with Gasteiger partial charge in [-0.15, -0.1) is 0 Å². The van der Waals surface area contributed by atoms with E-state index in [4.69, 9.17) is 25.8 Å². The first kappa shape index (κ1) is 18.0. The van der Waals surface area contributed by atoms with Crippen molar-refractivity contribution in [2.45, 2.75) is 6.92 Å². The fourth-order valence-electron chi connectivity index (χ4n) is 1.83. The molecule has 0 radical (unpaired) electrons. The Bertz CT molecular complexity index is 680. The zero-order chi connectivity index (χ0) is 17.4. The number of halogens is 1. The van der Waals surface area contributed by atoms with Gasteiger partial charge >= 0.3 is 11.9 Å². The Morgan fingerprint density at radius 3 is 2.08 bits per heavy atom. The number of rotatable bonds is 7. The van der Waals surface area contributed by atoms with E-state index in [0.29, 0.717) is 35.1 Å². The van der Waals surface area contributed by atoms with E-state index in [-0.39, 0.29) is 6.61 Å². The zero-order valence-electron chi connectivity index (χ0n) is 13.2. The van der Waals surface area contributed by atoms with E-state index < -0.39 is 11.9 Å². The Morgan fingerprint density at radius 1 is 0.875 bits per heavy atom. The van der Waals surface area contributed by atoms with E-state index in [2.05, 4.69) is 0 Å². The van der Waals surface area contributed by atoms with Crippen LogP contribution >= 0.6 is 11.6 Å². The lowest BCUT2D eigenvalue weighted by atomic mass is 10.2. The van der Waals surface area contributed by atoms with Crippen molar-refractivity contribution >= 4 is 23.5 Å². The smallest absolute Gasteiger partial charge is 0.343 e. The van der Waals surface area contributed by atoms with E-state index in [1.54, 1.807) is 24.3 Å². The van der Waals surface area contributed by atoms with Crippen molar-refractivity contribution < 1.29 is 23.8 Å². The Hall–Kier alpha value is -2.37. The molecule has 6 heteroatoms. The summed E-state index contributed by atoms with van der Waals surface area (Å²) < 4.78 is 15.4. The van der Waals surface area contributed by atoms with Crippen LogP contribution < -0.4 is 4.74 Å². The van der Waals surface area contributed by atoms with Crippen molar-refractivity contribution in [2.75, 3.05) is 19.8 Å². The molecule has 0 N–H and O–H groups in total. The lowest BCUT2D eigenvalue weighted by Crippen LogP contribution is -2.11. The van der Waals surface area contributed by atoms with E-state index >= 15 is 0 Å². The summed E-state index contributed by atoms with van der Waals surface area (Å²) in [6.45, 7) is 3.00. The van der Waals surface area contributed by atoms with Crippen molar-refractivity contribution in [2.24, 2.45) is 0 Å². The third-order valence-electron chi connectivity index (χ3n) is 3.05. The summed E-state index contributed by atoms with van der Waals surface area (Å²) in [6, 6.07) is 12.5. The fourth-order valence-corrected chi connectivity index (χ4v) is 1.96. The Labute approximate surface area is 145 Å². The van der Waals surface area contributed by atoms with Crippen LogP contribution in [0, 0.1) is 0 Å². The van der Waals surface area contributed by atoms with E-state index in [1.807, 2.05) is 6.92 Å². The average Bonchev–Trinajstić information content (AvgIpc) is 2.59. The summed E-state index contributed by atoms with van der Waals surface area (Å²) >= 11 is 5.77. The average molecular weight is 349 g/mol. The van der Waals surface area contributed by atoms with Gasteiger partial charge in [-0.25, -0.2) is 9.59 Å². The number of ether oxygens (including phenoxy) is 3. The van der Waals surface area contributed by atoms with Crippen LogP contribution in [-0.4, -0.2) is 31.8 Å². The van der Waals surface area contributed by atoms with Crippen molar-refractivity contribution in [3.63, 3.8) is 0 Å². The van der Waals surface area contributed by atoms with Crippen LogP contribution in [-0.2, 0) is 9.47 Å². The van der Waals surface area contributed by atoms with Crippen LogP contribution in [0.4, 0.5) is 0 Å². The topological polar surface area (TPSA) is 61.8 Å². The van der Waals surface area contributed by atoms with Gasteiger partial charge in [0.2, 0.25) is 0 Å². The molecule has 5 nitrogen and oxygen atoms in total. The molecule has 0 atom stereocenters. The number of carbonyl (C=O) groups excluding carboxylic acids is 2. The number of carbonyl (C=O) groups is 2. The van der Waals surface area contributed by atoms with E-state index in [1.165, 1.54) is 24.3 Å². The van der Waals surface area contributed by atoms with Gasteiger partial charge in [-0.3, -0.25) is 0 Å². The van der Waals surface area contributed by atoms with Crippen molar-refractivity contribution in [3.05, 3.63) is 64.7 Å². The molecular weight excluding hydrogens is 332 g/mol.